The van der Waals surface area contributed by atoms with Gasteiger partial charge in [-0.1, -0.05) is 24.3 Å². The van der Waals surface area contributed by atoms with Crippen molar-refractivity contribution < 1.29 is 14.3 Å². The molecule has 2 aromatic rings. The lowest BCUT2D eigenvalue weighted by Gasteiger charge is -2.27. The van der Waals surface area contributed by atoms with Crippen LogP contribution >= 0.6 is 0 Å². The van der Waals surface area contributed by atoms with Crippen LogP contribution in [0.2, 0.25) is 0 Å². The monoisotopic (exact) mass is 352 g/mol. The predicted molar refractivity (Wildman–Crippen MR) is 102 cm³/mol. The van der Waals surface area contributed by atoms with Crippen molar-refractivity contribution in [2.45, 2.75) is 25.8 Å². The molecule has 1 saturated heterocycles. The van der Waals surface area contributed by atoms with Crippen LogP contribution in [0, 0.1) is 0 Å². The standard InChI is InChI=1S/C21H24N2O3/c1-15(18-10-4-5-11-19(18)26-3)22(2)21(25)16-8-6-9-17(14-16)23-13-7-12-20(23)24/h4-6,8-11,14-15H,7,12-13H2,1-3H3/t15-/m1/s1. The van der Waals surface area contributed by atoms with E-state index in [0.717, 1.165) is 23.4 Å². The Balaban J connectivity index is 1.83. The number of para-hydroxylation sites is 1. The highest BCUT2D eigenvalue weighted by Gasteiger charge is 2.24. The number of nitrogens with zero attached hydrogens (tertiary/aromatic N) is 2. The summed E-state index contributed by atoms with van der Waals surface area (Å²) in [5, 5.41) is 0. The largest absolute Gasteiger partial charge is 0.496 e. The molecule has 2 amide bonds. The van der Waals surface area contributed by atoms with Crippen LogP contribution in [0.4, 0.5) is 5.69 Å². The van der Waals surface area contributed by atoms with E-state index in [-0.39, 0.29) is 17.9 Å². The third-order valence-electron chi connectivity index (χ3n) is 4.97. The van der Waals surface area contributed by atoms with Gasteiger partial charge in [-0.3, -0.25) is 9.59 Å². The molecule has 1 aliphatic rings. The molecule has 1 aliphatic heterocycles. The van der Waals surface area contributed by atoms with Crippen LogP contribution in [0.1, 0.15) is 41.7 Å². The van der Waals surface area contributed by atoms with Crippen LogP contribution in [0.15, 0.2) is 48.5 Å². The first-order valence-electron chi connectivity index (χ1n) is 8.83. The summed E-state index contributed by atoms with van der Waals surface area (Å²) >= 11 is 0. The van der Waals surface area contributed by atoms with Crippen LogP contribution in [0.5, 0.6) is 5.75 Å². The minimum Gasteiger partial charge on any atom is -0.496 e. The summed E-state index contributed by atoms with van der Waals surface area (Å²) in [6, 6.07) is 14.9. The number of benzene rings is 2. The van der Waals surface area contributed by atoms with E-state index in [1.54, 1.807) is 36.1 Å². The molecule has 0 saturated carbocycles. The number of hydrogen-bond donors (Lipinski definition) is 0. The SMILES string of the molecule is COc1ccccc1[C@@H](C)N(C)C(=O)c1cccc(N2CCCC2=O)c1. The number of carbonyl (C=O) groups is 2. The quantitative estimate of drug-likeness (QED) is 0.825. The van der Waals surface area contributed by atoms with Gasteiger partial charge in [-0.15, -0.1) is 0 Å². The molecule has 0 aromatic heterocycles. The number of ether oxygens (including phenoxy) is 1. The molecule has 2 aromatic carbocycles. The number of rotatable bonds is 5. The molecule has 0 radical (unpaired) electrons. The number of anilines is 1. The number of methoxy groups -OCH3 is 1. The first-order valence-corrected chi connectivity index (χ1v) is 8.83. The van der Waals surface area contributed by atoms with Crippen molar-refractivity contribution in [3.05, 3.63) is 59.7 Å². The molecule has 0 unspecified atom stereocenters. The third-order valence-corrected chi connectivity index (χ3v) is 4.97. The maximum Gasteiger partial charge on any atom is 0.254 e. The Labute approximate surface area is 154 Å². The highest BCUT2D eigenvalue weighted by molar-refractivity contribution is 5.99. The first kappa shape index (κ1) is 18.0. The van der Waals surface area contributed by atoms with E-state index in [2.05, 4.69) is 0 Å². The Morgan fingerprint density at radius 1 is 1.19 bits per heavy atom. The second-order valence-corrected chi connectivity index (χ2v) is 6.53. The van der Waals surface area contributed by atoms with Crippen molar-refractivity contribution in [3.8, 4) is 5.75 Å². The third kappa shape index (κ3) is 3.43. The number of carbonyl (C=O) groups excluding carboxylic acids is 2. The van der Waals surface area contributed by atoms with Gasteiger partial charge in [0.2, 0.25) is 5.91 Å². The second kappa shape index (κ2) is 7.60. The Kier molecular flexibility index (Phi) is 5.26. The molecule has 5 heteroatoms. The minimum absolute atomic E-state index is 0.0862. The van der Waals surface area contributed by atoms with E-state index in [1.165, 1.54) is 0 Å². The summed E-state index contributed by atoms with van der Waals surface area (Å²) in [6.45, 7) is 2.69. The fourth-order valence-electron chi connectivity index (χ4n) is 3.33. The normalized spacial score (nSPS) is 15.0. The van der Waals surface area contributed by atoms with E-state index < -0.39 is 0 Å². The summed E-state index contributed by atoms with van der Waals surface area (Å²) in [6.07, 6.45) is 1.44. The summed E-state index contributed by atoms with van der Waals surface area (Å²) in [5.41, 5.74) is 2.32. The summed E-state index contributed by atoms with van der Waals surface area (Å²) in [7, 11) is 3.41. The molecule has 0 spiro atoms. The molecule has 0 bridgehead atoms. The van der Waals surface area contributed by atoms with Gasteiger partial charge < -0.3 is 14.5 Å². The predicted octanol–water partition coefficient (Wildman–Crippen LogP) is 3.66. The van der Waals surface area contributed by atoms with Crippen LogP contribution in [0.25, 0.3) is 0 Å². The Hall–Kier alpha value is -2.82. The molecule has 1 atom stereocenters. The Morgan fingerprint density at radius 3 is 2.65 bits per heavy atom. The molecule has 26 heavy (non-hydrogen) atoms. The van der Waals surface area contributed by atoms with Gasteiger partial charge in [-0.05, 0) is 37.6 Å². The smallest absolute Gasteiger partial charge is 0.254 e. The highest BCUT2D eigenvalue weighted by Crippen LogP contribution is 2.29. The zero-order valence-corrected chi connectivity index (χ0v) is 15.4. The van der Waals surface area contributed by atoms with Gasteiger partial charge in [0.1, 0.15) is 5.75 Å². The zero-order valence-electron chi connectivity index (χ0n) is 15.4. The van der Waals surface area contributed by atoms with Crippen molar-refractivity contribution in [2.75, 3.05) is 25.6 Å². The summed E-state index contributed by atoms with van der Waals surface area (Å²) in [5.74, 6) is 0.790. The van der Waals surface area contributed by atoms with E-state index in [0.29, 0.717) is 18.5 Å². The van der Waals surface area contributed by atoms with Crippen molar-refractivity contribution >= 4 is 17.5 Å². The summed E-state index contributed by atoms with van der Waals surface area (Å²) in [4.78, 5) is 28.4. The minimum atomic E-state index is -0.143. The van der Waals surface area contributed by atoms with Gasteiger partial charge in [-0.2, -0.15) is 0 Å². The molecule has 3 rings (SSSR count). The van der Waals surface area contributed by atoms with Crippen molar-refractivity contribution in [3.63, 3.8) is 0 Å². The molecular formula is C21H24N2O3. The molecular weight excluding hydrogens is 328 g/mol. The van der Waals surface area contributed by atoms with E-state index in [4.69, 9.17) is 4.74 Å². The lowest BCUT2D eigenvalue weighted by Crippen LogP contribution is -2.30. The molecule has 1 fully saturated rings. The topological polar surface area (TPSA) is 49.9 Å². The summed E-state index contributed by atoms with van der Waals surface area (Å²) < 4.78 is 5.42. The van der Waals surface area contributed by atoms with Crippen LogP contribution in [-0.2, 0) is 4.79 Å². The maximum atomic E-state index is 13.0. The fourth-order valence-corrected chi connectivity index (χ4v) is 3.33. The van der Waals surface area contributed by atoms with E-state index in [9.17, 15) is 9.59 Å². The average molecular weight is 352 g/mol. The van der Waals surface area contributed by atoms with Crippen LogP contribution in [-0.4, -0.2) is 37.4 Å². The van der Waals surface area contributed by atoms with E-state index >= 15 is 0 Å². The van der Waals surface area contributed by atoms with Gasteiger partial charge in [0.15, 0.2) is 0 Å². The number of hydrogen-bond acceptors (Lipinski definition) is 3. The molecule has 0 N–H and O–H groups in total. The fraction of sp³-hybridized carbons (Fsp3) is 0.333. The van der Waals surface area contributed by atoms with Crippen molar-refractivity contribution in [2.24, 2.45) is 0 Å². The molecule has 5 nitrogen and oxygen atoms in total. The van der Waals surface area contributed by atoms with Gasteiger partial charge in [0.05, 0.1) is 13.2 Å². The lowest BCUT2D eigenvalue weighted by atomic mass is 10.0. The van der Waals surface area contributed by atoms with E-state index in [1.807, 2.05) is 43.3 Å². The maximum absolute atomic E-state index is 13.0. The highest BCUT2D eigenvalue weighted by atomic mass is 16.5. The van der Waals surface area contributed by atoms with Crippen LogP contribution < -0.4 is 9.64 Å². The lowest BCUT2D eigenvalue weighted by molar-refractivity contribution is -0.117. The average Bonchev–Trinajstić information content (AvgIpc) is 3.12. The Bertz CT molecular complexity index is 818. The van der Waals surface area contributed by atoms with Crippen molar-refractivity contribution in [1.82, 2.24) is 4.90 Å². The number of amides is 2. The molecule has 1 heterocycles. The molecule has 136 valence electrons. The first-order chi connectivity index (χ1) is 12.5. The zero-order chi connectivity index (χ0) is 18.7. The van der Waals surface area contributed by atoms with Gasteiger partial charge in [0.25, 0.3) is 5.91 Å². The van der Waals surface area contributed by atoms with Crippen molar-refractivity contribution in [1.29, 1.82) is 0 Å². The Morgan fingerprint density at radius 2 is 1.96 bits per heavy atom. The van der Waals surface area contributed by atoms with Gasteiger partial charge >= 0.3 is 0 Å². The van der Waals surface area contributed by atoms with Crippen LogP contribution in [0.3, 0.4) is 0 Å². The van der Waals surface area contributed by atoms with Gasteiger partial charge in [-0.25, -0.2) is 0 Å². The second-order valence-electron chi connectivity index (χ2n) is 6.53. The van der Waals surface area contributed by atoms with Gasteiger partial charge in [0, 0.05) is 36.8 Å². The molecule has 0 aliphatic carbocycles.